The minimum atomic E-state index is -1.02. The molecule has 0 aromatic heterocycles. The van der Waals surface area contributed by atoms with Gasteiger partial charge in [0.15, 0.2) is 0 Å². The molecule has 5 nitrogen and oxygen atoms in total. The molecule has 0 fully saturated rings. The van der Waals surface area contributed by atoms with E-state index in [1.54, 1.807) is 0 Å². The van der Waals surface area contributed by atoms with Gasteiger partial charge < -0.3 is 20.9 Å². The first kappa shape index (κ1) is 12.3. The normalized spacial score (nSPS) is 11.9. The lowest BCUT2D eigenvalue weighted by Crippen LogP contribution is -2.36. The molecule has 0 bridgehead atoms. The van der Waals surface area contributed by atoms with Crippen LogP contribution >= 0.6 is 0 Å². The average Bonchev–Trinajstić information content (AvgIpc) is 2.28. The van der Waals surface area contributed by atoms with Gasteiger partial charge in [-0.05, 0) is 31.2 Å². The monoisotopic (exact) mass is 224 g/mol. The van der Waals surface area contributed by atoms with E-state index in [1.165, 1.54) is 0 Å². The molecule has 0 radical (unpaired) electrons. The quantitative estimate of drug-likeness (QED) is 0.668. The Bertz CT molecular complexity index is 338. The molecule has 1 unspecified atom stereocenters. The summed E-state index contributed by atoms with van der Waals surface area (Å²) >= 11 is 0. The summed E-state index contributed by atoms with van der Waals surface area (Å²) in [5, 5.41) is 11.5. The van der Waals surface area contributed by atoms with Gasteiger partial charge in [0.25, 0.3) is 0 Å². The summed E-state index contributed by atoms with van der Waals surface area (Å²) in [5.74, 6) is -0.228. The lowest BCUT2D eigenvalue weighted by Gasteiger charge is -2.10. The Morgan fingerprint density at radius 3 is 2.62 bits per heavy atom. The van der Waals surface area contributed by atoms with Crippen LogP contribution in [-0.2, 0) is 4.79 Å². The number of carboxylic acids is 1. The third-order valence-electron chi connectivity index (χ3n) is 2.01. The number of aliphatic carboxylic acids is 1. The van der Waals surface area contributed by atoms with Crippen LogP contribution in [0.1, 0.15) is 6.92 Å². The maximum absolute atomic E-state index is 10.5. The Balaban J connectivity index is 2.46. The average molecular weight is 224 g/mol. The van der Waals surface area contributed by atoms with Crippen LogP contribution in [-0.4, -0.2) is 30.3 Å². The van der Waals surface area contributed by atoms with Gasteiger partial charge in [-0.15, -0.1) is 0 Å². The van der Waals surface area contributed by atoms with Crippen molar-refractivity contribution in [3.8, 4) is 5.75 Å². The van der Waals surface area contributed by atoms with Crippen molar-refractivity contribution in [2.45, 2.75) is 13.0 Å². The number of rotatable bonds is 6. The van der Waals surface area contributed by atoms with Crippen LogP contribution in [0.5, 0.6) is 5.75 Å². The molecule has 1 rings (SSSR count). The predicted octanol–water partition coefficient (Wildman–Crippen LogP) is 0.909. The number of ether oxygens (including phenoxy) is 1. The first-order valence-corrected chi connectivity index (χ1v) is 5.08. The fourth-order valence-electron chi connectivity index (χ4n) is 1.15. The summed E-state index contributed by atoms with van der Waals surface area (Å²) in [6.07, 6.45) is 0. The van der Waals surface area contributed by atoms with Crippen LogP contribution in [0, 0.1) is 0 Å². The van der Waals surface area contributed by atoms with E-state index in [4.69, 9.17) is 15.6 Å². The second-order valence-electron chi connectivity index (χ2n) is 3.28. The standard InChI is InChI=1S/C11H16N2O3/c1-2-16-9-5-3-8(4-6-9)13-7-10(12)11(14)15/h3-6,10,13H,2,7,12H2,1H3,(H,14,15). The van der Waals surface area contributed by atoms with Crippen molar-refractivity contribution in [1.29, 1.82) is 0 Å². The number of nitrogens with one attached hydrogen (secondary N) is 1. The zero-order valence-electron chi connectivity index (χ0n) is 9.14. The van der Waals surface area contributed by atoms with Gasteiger partial charge in [0.05, 0.1) is 6.61 Å². The maximum atomic E-state index is 10.5. The SMILES string of the molecule is CCOc1ccc(NCC(N)C(=O)O)cc1. The molecule has 0 aliphatic heterocycles. The van der Waals surface area contributed by atoms with Gasteiger partial charge in [0.2, 0.25) is 0 Å². The van der Waals surface area contributed by atoms with Crippen LogP contribution in [0.2, 0.25) is 0 Å². The minimum absolute atomic E-state index is 0.198. The van der Waals surface area contributed by atoms with Crippen molar-refractivity contribution in [1.82, 2.24) is 0 Å². The van der Waals surface area contributed by atoms with Gasteiger partial charge in [-0.2, -0.15) is 0 Å². The molecule has 1 atom stereocenters. The lowest BCUT2D eigenvalue weighted by molar-refractivity contribution is -0.138. The molecular formula is C11H16N2O3. The van der Waals surface area contributed by atoms with Crippen molar-refractivity contribution < 1.29 is 14.6 Å². The molecule has 1 aromatic carbocycles. The molecule has 1 aromatic rings. The molecule has 16 heavy (non-hydrogen) atoms. The summed E-state index contributed by atoms with van der Waals surface area (Å²) in [6, 6.07) is 6.38. The molecule has 0 spiro atoms. The number of anilines is 1. The van der Waals surface area contributed by atoms with E-state index in [1.807, 2.05) is 31.2 Å². The summed E-state index contributed by atoms with van der Waals surface area (Å²) in [6.45, 7) is 2.73. The number of carbonyl (C=O) groups is 1. The highest BCUT2D eigenvalue weighted by atomic mass is 16.5. The zero-order chi connectivity index (χ0) is 12.0. The lowest BCUT2D eigenvalue weighted by atomic mass is 10.2. The van der Waals surface area contributed by atoms with Crippen molar-refractivity contribution >= 4 is 11.7 Å². The van der Waals surface area contributed by atoms with Crippen LogP contribution in [0.4, 0.5) is 5.69 Å². The highest BCUT2D eigenvalue weighted by molar-refractivity contribution is 5.74. The van der Waals surface area contributed by atoms with E-state index in [2.05, 4.69) is 5.32 Å². The Morgan fingerprint density at radius 1 is 1.50 bits per heavy atom. The molecule has 0 amide bonds. The second kappa shape index (κ2) is 5.97. The molecular weight excluding hydrogens is 208 g/mol. The minimum Gasteiger partial charge on any atom is -0.494 e. The van der Waals surface area contributed by atoms with E-state index in [-0.39, 0.29) is 6.54 Å². The third-order valence-corrected chi connectivity index (χ3v) is 2.01. The number of hydrogen-bond acceptors (Lipinski definition) is 4. The topological polar surface area (TPSA) is 84.6 Å². The van der Waals surface area contributed by atoms with Crippen molar-refractivity contribution in [3.63, 3.8) is 0 Å². The summed E-state index contributed by atoms with van der Waals surface area (Å²) < 4.78 is 5.28. The predicted molar refractivity (Wildman–Crippen MR) is 61.7 cm³/mol. The number of hydrogen-bond donors (Lipinski definition) is 3. The molecule has 0 aliphatic rings. The maximum Gasteiger partial charge on any atom is 0.322 e. The molecule has 0 heterocycles. The Hall–Kier alpha value is -1.75. The molecule has 0 aliphatic carbocycles. The van der Waals surface area contributed by atoms with Gasteiger partial charge in [0, 0.05) is 12.2 Å². The van der Waals surface area contributed by atoms with Crippen LogP contribution in [0.25, 0.3) is 0 Å². The van der Waals surface area contributed by atoms with Crippen molar-refractivity contribution in [2.24, 2.45) is 5.73 Å². The van der Waals surface area contributed by atoms with E-state index < -0.39 is 12.0 Å². The Labute approximate surface area is 94.2 Å². The van der Waals surface area contributed by atoms with Crippen LogP contribution in [0.15, 0.2) is 24.3 Å². The van der Waals surface area contributed by atoms with Gasteiger partial charge >= 0.3 is 5.97 Å². The fourth-order valence-corrected chi connectivity index (χ4v) is 1.15. The summed E-state index contributed by atoms with van der Waals surface area (Å²) in [5.41, 5.74) is 6.17. The van der Waals surface area contributed by atoms with Gasteiger partial charge in [-0.1, -0.05) is 0 Å². The van der Waals surface area contributed by atoms with Gasteiger partial charge in [-0.3, -0.25) is 4.79 Å². The van der Waals surface area contributed by atoms with Crippen molar-refractivity contribution in [3.05, 3.63) is 24.3 Å². The van der Waals surface area contributed by atoms with E-state index in [0.29, 0.717) is 6.61 Å². The highest BCUT2D eigenvalue weighted by Gasteiger charge is 2.10. The highest BCUT2D eigenvalue weighted by Crippen LogP contribution is 2.15. The number of benzene rings is 1. The molecule has 5 heteroatoms. The smallest absolute Gasteiger partial charge is 0.322 e. The summed E-state index contributed by atoms with van der Waals surface area (Å²) in [4.78, 5) is 10.5. The van der Waals surface area contributed by atoms with E-state index in [9.17, 15) is 4.79 Å². The zero-order valence-corrected chi connectivity index (χ0v) is 9.14. The third kappa shape index (κ3) is 3.78. The van der Waals surface area contributed by atoms with Crippen molar-refractivity contribution in [2.75, 3.05) is 18.5 Å². The van der Waals surface area contributed by atoms with E-state index in [0.717, 1.165) is 11.4 Å². The first-order chi connectivity index (χ1) is 7.63. The molecule has 0 saturated heterocycles. The fraction of sp³-hybridized carbons (Fsp3) is 0.364. The Morgan fingerprint density at radius 2 is 2.12 bits per heavy atom. The van der Waals surface area contributed by atoms with Crippen LogP contribution < -0.4 is 15.8 Å². The molecule has 4 N–H and O–H groups in total. The summed E-state index contributed by atoms with van der Waals surface area (Å²) in [7, 11) is 0. The number of carboxylic acid groups (broad SMARTS) is 1. The van der Waals surface area contributed by atoms with E-state index >= 15 is 0 Å². The largest absolute Gasteiger partial charge is 0.494 e. The van der Waals surface area contributed by atoms with Crippen LogP contribution in [0.3, 0.4) is 0 Å². The molecule has 88 valence electrons. The molecule has 0 saturated carbocycles. The first-order valence-electron chi connectivity index (χ1n) is 5.08. The van der Waals surface area contributed by atoms with Gasteiger partial charge in [-0.25, -0.2) is 0 Å². The number of nitrogens with two attached hydrogens (primary N) is 1. The van der Waals surface area contributed by atoms with Gasteiger partial charge in [0.1, 0.15) is 11.8 Å². The Kier molecular flexibility index (Phi) is 4.60. The second-order valence-corrected chi connectivity index (χ2v) is 3.28.